The minimum Gasteiger partial charge on any atom is -0.309 e. The minimum atomic E-state index is 0.598. The first-order valence-electron chi connectivity index (χ1n) is 30.4. The van der Waals surface area contributed by atoms with Crippen LogP contribution in [0.25, 0.3) is 160 Å². The smallest absolute Gasteiger partial charge is 0.0991 e. The lowest BCUT2D eigenvalue weighted by Crippen LogP contribution is -2.07. The summed E-state index contributed by atoms with van der Waals surface area (Å²) in [6.45, 7) is 0. The SMILES string of the molecule is N#Cc1ccc(-c2c(-n3c4ccc(-c5ccccc5)cc4c4cc(-c5ccccc5)ccc43)cc(-n3c4ccc(-c5ccccc5)cc4c4cc(-c5ccccc5)ccc43)cc2-n2c3ccc(-c4ccccc4)cc3c3cc(-c4ccccc4)ccc32)cc1. The monoisotopic (exact) mass is 1130 g/mol. The first kappa shape index (κ1) is 51.4. The molecule has 89 heavy (non-hydrogen) atoms. The second-order valence-corrected chi connectivity index (χ2v) is 23.1. The Morgan fingerprint density at radius 1 is 0.202 bits per heavy atom. The lowest BCUT2D eigenvalue weighted by molar-refractivity contribution is 1.10. The standard InChI is InChI=1S/C85H54N4/c86-55-56-31-33-63(34-32-56)85-83(88-79-43-37-66(59-23-11-3-12-24-59)49-73(79)74-50-67(38-44-80(74)88)60-25-13-4-14-26-60)53-70(87-77-41-35-64(57-19-7-1-8-20-57)47-71(77)72-48-65(36-42-78(72)87)58-21-9-2-10-22-58)54-84(85)89-81-45-39-68(61-27-15-5-16-28-61)51-75(81)76-52-69(40-46-82(76)89)62-29-17-6-18-30-62/h1-54H. The van der Waals surface area contributed by atoms with Crippen molar-refractivity contribution in [2.45, 2.75) is 0 Å². The van der Waals surface area contributed by atoms with Crippen molar-refractivity contribution in [2.75, 3.05) is 0 Å². The quantitative estimate of drug-likeness (QED) is 0.134. The van der Waals surface area contributed by atoms with Gasteiger partial charge in [-0.3, -0.25) is 0 Å². The fraction of sp³-hybridized carbons (Fsp3) is 0. The molecule has 414 valence electrons. The van der Waals surface area contributed by atoms with Gasteiger partial charge in [0.25, 0.3) is 0 Å². The second kappa shape index (κ2) is 21.2. The molecular weight excluding hydrogens is 1080 g/mol. The van der Waals surface area contributed by atoms with E-state index >= 15 is 0 Å². The zero-order valence-corrected chi connectivity index (χ0v) is 48.5. The fourth-order valence-corrected chi connectivity index (χ4v) is 13.8. The van der Waals surface area contributed by atoms with Crippen molar-refractivity contribution in [3.8, 4) is 101 Å². The van der Waals surface area contributed by atoms with Crippen molar-refractivity contribution < 1.29 is 0 Å². The number of fused-ring (bicyclic) bond motifs is 9. The molecular formula is C85H54N4. The van der Waals surface area contributed by atoms with Gasteiger partial charge in [-0.15, -0.1) is 0 Å². The van der Waals surface area contributed by atoms with E-state index in [1.54, 1.807) is 0 Å². The summed E-state index contributed by atoms with van der Waals surface area (Å²) < 4.78 is 7.52. The van der Waals surface area contributed by atoms with Gasteiger partial charge >= 0.3 is 0 Å². The number of hydrogen-bond acceptors (Lipinski definition) is 1. The van der Waals surface area contributed by atoms with Crippen molar-refractivity contribution >= 4 is 65.4 Å². The van der Waals surface area contributed by atoms with E-state index in [9.17, 15) is 5.26 Å². The van der Waals surface area contributed by atoms with E-state index in [1.807, 2.05) is 12.1 Å². The van der Waals surface area contributed by atoms with Gasteiger partial charge in [0.15, 0.2) is 0 Å². The van der Waals surface area contributed by atoms with Crippen LogP contribution < -0.4 is 0 Å². The van der Waals surface area contributed by atoms with Crippen LogP contribution in [0.3, 0.4) is 0 Å². The Balaban J connectivity index is 1.04. The molecule has 3 heterocycles. The molecule has 0 amide bonds. The molecule has 17 aromatic rings. The lowest BCUT2D eigenvalue weighted by Gasteiger charge is -2.23. The van der Waals surface area contributed by atoms with Gasteiger partial charge in [-0.25, -0.2) is 0 Å². The summed E-state index contributed by atoms with van der Waals surface area (Å²) in [7, 11) is 0. The molecule has 0 saturated carbocycles. The maximum absolute atomic E-state index is 10.4. The summed E-state index contributed by atoms with van der Waals surface area (Å²) in [6, 6.07) is 122. The van der Waals surface area contributed by atoms with Gasteiger partial charge in [-0.2, -0.15) is 5.26 Å². The highest BCUT2D eigenvalue weighted by Gasteiger charge is 2.27. The Hall–Kier alpha value is -12.0. The maximum Gasteiger partial charge on any atom is 0.0991 e. The molecule has 0 unspecified atom stereocenters. The number of nitriles is 1. The summed E-state index contributed by atoms with van der Waals surface area (Å²) in [6.07, 6.45) is 0. The fourth-order valence-electron chi connectivity index (χ4n) is 13.8. The summed E-state index contributed by atoms with van der Waals surface area (Å²) in [5.74, 6) is 0. The van der Waals surface area contributed by atoms with Crippen LogP contribution in [-0.2, 0) is 0 Å². The zero-order valence-electron chi connectivity index (χ0n) is 48.5. The Bertz CT molecular complexity index is 5110. The highest BCUT2D eigenvalue weighted by molar-refractivity contribution is 6.16. The van der Waals surface area contributed by atoms with Gasteiger partial charge < -0.3 is 13.7 Å². The summed E-state index contributed by atoms with van der Waals surface area (Å²) >= 11 is 0. The first-order chi connectivity index (χ1) is 44.1. The van der Waals surface area contributed by atoms with Crippen LogP contribution in [0.1, 0.15) is 5.56 Å². The van der Waals surface area contributed by atoms with E-state index in [2.05, 4.69) is 335 Å². The Morgan fingerprint density at radius 3 is 0.663 bits per heavy atom. The molecule has 0 radical (unpaired) electrons. The molecule has 0 fully saturated rings. The van der Waals surface area contributed by atoms with E-state index in [1.165, 1.54) is 11.1 Å². The van der Waals surface area contributed by atoms with E-state index in [4.69, 9.17) is 0 Å². The third-order valence-electron chi connectivity index (χ3n) is 18.1. The van der Waals surface area contributed by atoms with Crippen molar-refractivity contribution in [2.24, 2.45) is 0 Å². The van der Waals surface area contributed by atoms with E-state index in [0.29, 0.717) is 5.56 Å². The summed E-state index contributed by atoms with van der Waals surface area (Å²) in [5, 5.41) is 17.3. The number of aromatic nitrogens is 3. The van der Waals surface area contributed by atoms with E-state index in [-0.39, 0.29) is 0 Å². The summed E-state index contributed by atoms with van der Waals surface area (Å²) in [5.41, 5.74) is 26.0. The molecule has 0 saturated heterocycles. The maximum atomic E-state index is 10.4. The average Bonchev–Trinajstić information content (AvgIpc) is 1.69. The molecule has 4 nitrogen and oxygen atoms in total. The van der Waals surface area contributed by atoms with Gasteiger partial charge in [0.05, 0.1) is 61.8 Å². The minimum absolute atomic E-state index is 0.598. The van der Waals surface area contributed by atoms with Gasteiger partial charge in [0.2, 0.25) is 0 Å². The molecule has 0 spiro atoms. The molecule has 4 heteroatoms. The van der Waals surface area contributed by atoms with Gasteiger partial charge in [0, 0.05) is 37.9 Å². The molecule has 0 atom stereocenters. The van der Waals surface area contributed by atoms with Crippen LogP contribution in [0.15, 0.2) is 328 Å². The van der Waals surface area contributed by atoms with Crippen LogP contribution in [0.5, 0.6) is 0 Å². The highest BCUT2D eigenvalue weighted by Crippen LogP contribution is 2.47. The van der Waals surface area contributed by atoms with Crippen molar-refractivity contribution in [1.82, 2.24) is 13.7 Å². The van der Waals surface area contributed by atoms with Crippen LogP contribution in [0, 0.1) is 11.3 Å². The Morgan fingerprint density at radius 2 is 0.427 bits per heavy atom. The largest absolute Gasteiger partial charge is 0.309 e. The molecule has 0 N–H and O–H groups in total. The van der Waals surface area contributed by atoms with Crippen molar-refractivity contribution in [1.29, 1.82) is 5.26 Å². The molecule has 14 aromatic carbocycles. The van der Waals surface area contributed by atoms with E-state index in [0.717, 1.165) is 149 Å². The second-order valence-electron chi connectivity index (χ2n) is 23.1. The Kier molecular flexibility index (Phi) is 12.2. The van der Waals surface area contributed by atoms with Gasteiger partial charge in [0.1, 0.15) is 0 Å². The number of nitrogens with zero attached hydrogens (tertiary/aromatic N) is 4. The Labute approximate surface area is 515 Å². The number of benzene rings is 14. The molecule has 17 rings (SSSR count). The molecule has 0 aliphatic rings. The van der Waals surface area contributed by atoms with Crippen LogP contribution in [-0.4, -0.2) is 13.7 Å². The topological polar surface area (TPSA) is 38.6 Å². The molecule has 0 bridgehead atoms. The van der Waals surface area contributed by atoms with Gasteiger partial charge in [-0.05, 0) is 169 Å². The van der Waals surface area contributed by atoms with Crippen molar-refractivity contribution in [3.05, 3.63) is 333 Å². The predicted molar refractivity (Wildman–Crippen MR) is 372 cm³/mol. The number of rotatable bonds is 10. The van der Waals surface area contributed by atoms with Crippen molar-refractivity contribution in [3.63, 3.8) is 0 Å². The average molecular weight is 1130 g/mol. The van der Waals surface area contributed by atoms with Crippen LogP contribution in [0.4, 0.5) is 0 Å². The van der Waals surface area contributed by atoms with Gasteiger partial charge in [-0.1, -0.05) is 231 Å². The number of hydrogen-bond donors (Lipinski definition) is 0. The molecule has 0 aliphatic carbocycles. The van der Waals surface area contributed by atoms with E-state index < -0.39 is 0 Å². The lowest BCUT2D eigenvalue weighted by atomic mass is 9.98. The molecule has 3 aromatic heterocycles. The van der Waals surface area contributed by atoms with Crippen LogP contribution >= 0.6 is 0 Å². The zero-order chi connectivity index (χ0) is 58.9. The van der Waals surface area contributed by atoms with Crippen LogP contribution in [0.2, 0.25) is 0 Å². The first-order valence-corrected chi connectivity index (χ1v) is 30.4. The third kappa shape index (κ3) is 8.75. The third-order valence-corrected chi connectivity index (χ3v) is 18.1. The molecule has 0 aliphatic heterocycles. The normalized spacial score (nSPS) is 11.6. The predicted octanol–water partition coefficient (Wildman–Crippen LogP) is 22.5. The highest BCUT2D eigenvalue weighted by atomic mass is 15.0. The summed E-state index contributed by atoms with van der Waals surface area (Å²) in [4.78, 5) is 0.